The first kappa shape index (κ1) is 10.9. The first-order chi connectivity index (χ1) is 7.09. The van der Waals surface area contributed by atoms with Crippen molar-refractivity contribution in [2.75, 3.05) is 27.2 Å². The van der Waals surface area contributed by atoms with Crippen LogP contribution in [0.5, 0.6) is 0 Å². The quantitative estimate of drug-likeness (QED) is 0.708. The first-order valence-electron chi connectivity index (χ1n) is 5.80. The van der Waals surface area contributed by atoms with Crippen LogP contribution in [0.15, 0.2) is 0 Å². The molecule has 2 fully saturated rings. The molecule has 86 valence electrons. The summed E-state index contributed by atoms with van der Waals surface area (Å²) in [5.74, 6) is 0.430. The summed E-state index contributed by atoms with van der Waals surface area (Å²) in [5, 5.41) is 0. The summed E-state index contributed by atoms with van der Waals surface area (Å²) in [6.07, 6.45) is 3.18. The number of hydrogen-bond acceptors (Lipinski definition) is 3. The second-order valence-corrected chi connectivity index (χ2v) is 5.10. The third-order valence-corrected chi connectivity index (χ3v) is 3.39. The minimum absolute atomic E-state index is 0.132. The van der Waals surface area contributed by atoms with E-state index in [0.29, 0.717) is 11.9 Å². The second-order valence-electron chi connectivity index (χ2n) is 5.10. The molecule has 2 aliphatic rings. The predicted molar refractivity (Wildman–Crippen MR) is 59.4 cm³/mol. The van der Waals surface area contributed by atoms with Crippen molar-refractivity contribution in [3.05, 3.63) is 0 Å². The molecule has 1 heterocycles. The number of nitrogens with two attached hydrogens (primary N) is 1. The largest absolute Gasteiger partial charge is 0.338 e. The molecule has 3 atom stereocenters. The average Bonchev–Trinajstić information content (AvgIpc) is 2.71. The molecule has 1 aliphatic heterocycles. The molecule has 0 aromatic carbocycles. The molecule has 3 unspecified atom stereocenters. The van der Waals surface area contributed by atoms with Crippen LogP contribution in [0.3, 0.4) is 0 Å². The Kier molecular flexibility index (Phi) is 2.98. The first-order valence-corrected chi connectivity index (χ1v) is 5.80. The lowest BCUT2D eigenvalue weighted by atomic mass is 10.2. The number of likely N-dealkylation sites (tertiary alicyclic amines) is 1. The number of hydrogen-bond donors (Lipinski definition) is 1. The van der Waals surface area contributed by atoms with Gasteiger partial charge in [0.25, 0.3) is 0 Å². The van der Waals surface area contributed by atoms with Crippen LogP contribution >= 0.6 is 0 Å². The Labute approximate surface area is 91.4 Å². The highest BCUT2D eigenvalue weighted by Crippen LogP contribution is 2.32. The molecule has 4 nitrogen and oxygen atoms in total. The standard InChI is InChI=1S/C11H21N3O/c1-13(2)7-8-4-3-5-14(8)11(15)9-6-10(9)12/h8-10H,3-7,12H2,1-2H3. The molecular formula is C11H21N3O. The van der Waals surface area contributed by atoms with E-state index < -0.39 is 0 Å². The van der Waals surface area contributed by atoms with Gasteiger partial charge in [0, 0.05) is 25.2 Å². The summed E-state index contributed by atoms with van der Waals surface area (Å²) >= 11 is 0. The Hall–Kier alpha value is -0.610. The number of nitrogens with zero attached hydrogens (tertiary/aromatic N) is 2. The van der Waals surface area contributed by atoms with E-state index in [9.17, 15) is 4.79 Å². The monoisotopic (exact) mass is 211 g/mol. The zero-order valence-electron chi connectivity index (χ0n) is 9.65. The van der Waals surface area contributed by atoms with Gasteiger partial charge in [-0.3, -0.25) is 4.79 Å². The van der Waals surface area contributed by atoms with Crippen LogP contribution in [0.2, 0.25) is 0 Å². The minimum atomic E-state index is 0.132. The van der Waals surface area contributed by atoms with E-state index in [2.05, 4.69) is 23.9 Å². The summed E-state index contributed by atoms with van der Waals surface area (Å²) in [4.78, 5) is 16.2. The highest BCUT2D eigenvalue weighted by atomic mass is 16.2. The fraction of sp³-hybridized carbons (Fsp3) is 0.909. The lowest BCUT2D eigenvalue weighted by Gasteiger charge is -2.27. The van der Waals surface area contributed by atoms with Crippen molar-refractivity contribution in [3.63, 3.8) is 0 Å². The number of carbonyl (C=O) groups is 1. The number of rotatable bonds is 3. The molecule has 2 rings (SSSR count). The van der Waals surface area contributed by atoms with Crippen LogP contribution in [0.25, 0.3) is 0 Å². The summed E-state index contributed by atoms with van der Waals surface area (Å²) in [6, 6.07) is 0.554. The van der Waals surface area contributed by atoms with Crippen molar-refractivity contribution < 1.29 is 4.79 Å². The summed E-state index contributed by atoms with van der Waals surface area (Å²) < 4.78 is 0. The lowest BCUT2D eigenvalue weighted by Crippen LogP contribution is -2.42. The zero-order valence-corrected chi connectivity index (χ0v) is 9.65. The van der Waals surface area contributed by atoms with Crippen molar-refractivity contribution >= 4 is 5.91 Å². The Morgan fingerprint density at radius 1 is 1.53 bits per heavy atom. The molecule has 0 radical (unpaired) electrons. The normalized spacial score (nSPS) is 34.9. The van der Waals surface area contributed by atoms with Crippen molar-refractivity contribution in [2.45, 2.75) is 31.3 Å². The van der Waals surface area contributed by atoms with Crippen LogP contribution in [0, 0.1) is 5.92 Å². The number of likely N-dealkylation sites (N-methyl/N-ethyl adjacent to an activating group) is 1. The fourth-order valence-electron chi connectivity index (χ4n) is 2.45. The Morgan fingerprint density at radius 2 is 2.20 bits per heavy atom. The molecule has 1 aliphatic carbocycles. The van der Waals surface area contributed by atoms with E-state index in [1.165, 1.54) is 0 Å². The van der Waals surface area contributed by atoms with Gasteiger partial charge in [-0.2, -0.15) is 0 Å². The molecule has 1 amide bonds. The topological polar surface area (TPSA) is 49.6 Å². The SMILES string of the molecule is CN(C)CC1CCCN1C(=O)C1CC1N. The van der Waals surface area contributed by atoms with E-state index in [1.807, 2.05) is 0 Å². The van der Waals surface area contributed by atoms with Gasteiger partial charge in [-0.1, -0.05) is 0 Å². The molecule has 0 aromatic heterocycles. The molecule has 0 aromatic rings. The molecule has 4 heteroatoms. The molecule has 0 bridgehead atoms. The summed E-state index contributed by atoms with van der Waals surface area (Å²) in [5.41, 5.74) is 5.72. The molecule has 2 N–H and O–H groups in total. The average molecular weight is 211 g/mol. The second kappa shape index (κ2) is 4.10. The maximum Gasteiger partial charge on any atom is 0.227 e. The predicted octanol–water partition coefficient (Wildman–Crippen LogP) is -0.114. The Balaban J connectivity index is 1.92. The molecule has 1 saturated carbocycles. The lowest BCUT2D eigenvalue weighted by molar-refractivity contribution is -0.133. The molecule has 1 saturated heterocycles. The smallest absolute Gasteiger partial charge is 0.227 e. The van der Waals surface area contributed by atoms with Crippen molar-refractivity contribution in [1.29, 1.82) is 0 Å². The van der Waals surface area contributed by atoms with Crippen LogP contribution in [-0.2, 0) is 4.79 Å². The maximum absolute atomic E-state index is 12.0. The van der Waals surface area contributed by atoms with Crippen molar-refractivity contribution in [2.24, 2.45) is 11.7 Å². The van der Waals surface area contributed by atoms with Gasteiger partial charge in [0.1, 0.15) is 0 Å². The van der Waals surface area contributed by atoms with E-state index in [1.54, 1.807) is 0 Å². The molecular weight excluding hydrogens is 190 g/mol. The van der Waals surface area contributed by atoms with Gasteiger partial charge in [0.2, 0.25) is 5.91 Å². The van der Waals surface area contributed by atoms with Gasteiger partial charge < -0.3 is 15.5 Å². The van der Waals surface area contributed by atoms with Crippen LogP contribution in [-0.4, -0.2) is 55.0 Å². The fourth-order valence-corrected chi connectivity index (χ4v) is 2.45. The summed E-state index contributed by atoms with van der Waals surface area (Å²) in [6.45, 7) is 1.91. The highest BCUT2D eigenvalue weighted by Gasteiger charge is 2.44. The van der Waals surface area contributed by atoms with E-state index in [0.717, 1.165) is 32.4 Å². The van der Waals surface area contributed by atoms with Gasteiger partial charge in [-0.05, 0) is 33.4 Å². The van der Waals surface area contributed by atoms with Gasteiger partial charge in [-0.15, -0.1) is 0 Å². The van der Waals surface area contributed by atoms with Gasteiger partial charge in [-0.25, -0.2) is 0 Å². The number of carbonyl (C=O) groups excluding carboxylic acids is 1. The third kappa shape index (κ3) is 2.32. The highest BCUT2D eigenvalue weighted by molar-refractivity contribution is 5.83. The van der Waals surface area contributed by atoms with Crippen LogP contribution in [0.1, 0.15) is 19.3 Å². The maximum atomic E-state index is 12.0. The van der Waals surface area contributed by atoms with Crippen LogP contribution in [0.4, 0.5) is 0 Å². The Morgan fingerprint density at radius 3 is 2.73 bits per heavy atom. The summed E-state index contributed by atoms with van der Waals surface area (Å²) in [7, 11) is 4.12. The zero-order chi connectivity index (χ0) is 11.0. The molecule has 15 heavy (non-hydrogen) atoms. The van der Waals surface area contributed by atoms with Crippen molar-refractivity contribution in [3.8, 4) is 0 Å². The van der Waals surface area contributed by atoms with E-state index in [4.69, 9.17) is 5.73 Å². The van der Waals surface area contributed by atoms with Gasteiger partial charge in [0.15, 0.2) is 0 Å². The Bertz CT molecular complexity index is 254. The third-order valence-electron chi connectivity index (χ3n) is 3.39. The van der Waals surface area contributed by atoms with Gasteiger partial charge in [0.05, 0.1) is 5.92 Å². The van der Waals surface area contributed by atoms with E-state index in [-0.39, 0.29) is 12.0 Å². The van der Waals surface area contributed by atoms with Gasteiger partial charge >= 0.3 is 0 Å². The van der Waals surface area contributed by atoms with Crippen molar-refractivity contribution in [1.82, 2.24) is 9.80 Å². The minimum Gasteiger partial charge on any atom is -0.338 e. The van der Waals surface area contributed by atoms with E-state index >= 15 is 0 Å². The van der Waals surface area contributed by atoms with Crippen LogP contribution < -0.4 is 5.73 Å². The number of amides is 1. The molecule has 0 spiro atoms.